The van der Waals surface area contributed by atoms with E-state index in [-0.39, 0.29) is 11.9 Å². The zero-order valence-corrected chi connectivity index (χ0v) is 16.3. The second kappa shape index (κ2) is 7.46. The Morgan fingerprint density at radius 3 is 2.54 bits per heavy atom. The summed E-state index contributed by atoms with van der Waals surface area (Å²) in [7, 11) is 4.90. The van der Waals surface area contributed by atoms with Gasteiger partial charge in [0, 0.05) is 35.3 Å². The molecule has 146 valence electrons. The Bertz CT molecular complexity index is 1010. The quantitative estimate of drug-likeness (QED) is 0.722. The van der Waals surface area contributed by atoms with Crippen molar-refractivity contribution in [3.05, 3.63) is 53.7 Å². The first-order valence-corrected chi connectivity index (χ1v) is 9.34. The molecule has 0 spiro atoms. The Morgan fingerprint density at radius 2 is 1.79 bits per heavy atom. The maximum atomic E-state index is 13.4. The van der Waals surface area contributed by atoms with Gasteiger partial charge in [-0.15, -0.1) is 0 Å². The van der Waals surface area contributed by atoms with E-state index in [1.807, 2.05) is 41.3 Å². The number of rotatable bonds is 5. The van der Waals surface area contributed by atoms with E-state index in [2.05, 4.69) is 4.98 Å². The zero-order valence-electron chi connectivity index (χ0n) is 16.3. The molecule has 6 heteroatoms. The van der Waals surface area contributed by atoms with Crippen LogP contribution in [0.1, 0.15) is 34.8 Å². The van der Waals surface area contributed by atoms with Crippen LogP contribution in [0.3, 0.4) is 0 Å². The van der Waals surface area contributed by atoms with E-state index in [0.717, 1.165) is 53.1 Å². The second-order valence-corrected chi connectivity index (χ2v) is 6.88. The predicted molar refractivity (Wildman–Crippen MR) is 107 cm³/mol. The van der Waals surface area contributed by atoms with Gasteiger partial charge in [-0.3, -0.25) is 4.79 Å². The van der Waals surface area contributed by atoms with Crippen LogP contribution in [0.25, 0.3) is 10.9 Å². The van der Waals surface area contributed by atoms with Crippen molar-refractivity contribution in [3.8, 4) is 17.2 Å². The largest absolute Gasteiger partial charge is 0.497 e. The van der Waals surface area contributed by atoms with Gasteiger partial charge < -0.3 is 24.1 Å². The van der Waals surface area contributed by atoms with Crippen LogP contribution < -0.4 is 14.2 Å². The van der Waals surface area contributed by atoms with E-state index in [1.54, 1.807) is 27.5 Å². The maximum absolute atomic E-state index is 13.4. The zero-order chi connectivity index (χ0) is 19.7. The van der Waals surface area contributed by atoms with Crippen LogP contribution in [-0.4, -0.2) is 43.7 Å². The standard InChI is InChI=1S/C22H24N2O4/c1-26-14-7-9-19-17(11-14)18(13-23-19)22(25)24-10-4-5-20(24)16-8-6-15(27-2)12-21(16)28-3/h6-9,11-13,20,23H,4-5,10H2,1-3H3/t20-/m1/s1. The Hall–Kier alpha value is -3.15. The Balaban J connectivity index is 1.70. The molecule has 0 saturated carbocycles. The number of fused-ring (bicyclic) bond motifs is 1. The van der Waals surface area contributed by atoms with Gasteiger partial charge in [0.15, 0.2) is 0 Å². The summed E-state index contributed by atoms with van der Waals surface area (Å²) < 4.78 is 16.2. The van der Waals surface area contributed by atoms with Gasteiger partial charge in [0.2, 0.25) is 0 Å². The molecule has 6 nitrogen and oxygen atoms in total. The number of H-pyrrole nitrogens is 1. The van der Waals surface area contributed by atoms with Gasteiger partial charge in [0.1, 0.15) is 17.2 Å². The Kier molecular flexibility index (Phi) is 4.86. The SMILES string of the molecule is COc1ccc([C@H]2CCCN2C(=O)c2c[nH]c3ccc(OC)cc23)c(OC)c1. The van der Waals surface area contributed by atoms with Crippen LogP contribution in [0.5, 0.6) is 17.2 Å². The van der Waals surface area contributed by atoms with E-state index in [1.165, 1.54) is 0 Å². The maximum Gasteiger partial charge on any atom is 0.256 e. The van der Waals surface area contributed by atoms with Crippen molar-refractivity contribution in [2.45, 2.75) is 18.9 Å². The van der Waals surface area contributed by atoms with Crippen molar-refractivity contribution < 1.29 is 19.0 Å². The lowest BCUT2D eigenvalue weighted by atomic mass is 10.0. The van der Waals surface area contributed by atoms with E-state index in [0.29, 0.717) is 5.56 Å². The molecule has 1 aromatic heterocycles. The summed E-state index contributed by atoms with van der Waals surface area (Å²) >= 11 is 0. The van der Waals surface area contributed by atoms with E-state index >= 15 is 0 Å². The van der Waals surface area contributed by atoms with Crippen molar-refractivity contribution in [1.82, 2.24) is 9.88 Å². The van der Waals surface area contributed by atoms with E-state index in [4.69, 9.17) is 14.2 Å². The third kappa shape index (κ3) is 3.05. The number of aromatic amines is 1. The van der Waals surface area contributed by atoms with Crippen LogP contribution in [-0.2, 0) is 0 Å². The fraction of sp³-hybridized carbons (Fsp3) is 0.318. The lowest BCUT2D eigenvalue weighted by Gasteiger charge is -2.26. The number of methoxy groups -OCH3 is 3. The lowest BCUT2D eigenvalue weighted by Crippen LogP contribution is -2.30. The van der Waals surface area contributed by atoms with Gasteiger partial charge in [-0.2, -0.15) is 0 Å². The number of aromatic nitrogens is 1. The smallest absolute Gasteiger partial charge is 0.256 e. The molecule has 0 bridgehead atoms. The summed E-state index contributed by atoms with van der Waals surface area (Å²) in [5.41, 5.74) is 2.58. The lowest BCUT2D eigenvalue weighted by molar-refractivity contribution is 0.0736. The molecule has 1 aliphatic heterocycles. The number of hydrogen-bond donors (Lipinski definition) is 1. The second-order valence-electron chi connectivity index (χ2n) is 6.88. The average molecular weight is 380 g/mol. The molecule has 1 aliphatic rings. The first-order chi connectivity index (χ1) is 13.7. The Morgan fingerprint density at radius 1 is 1.04 bits per heavy atom. The van der Waals surface area contributed by atoms with Crippen molar-refractivity contribution in [2.24, 2.45) is 0 Å². The fourth-order valence-electron chi connectivity index (χ4n) is 3.99. The molecule has 0 unspecified atom stereocenters. The fourth-order valence-corrected chi connectivity index (χ4v) is 3.99. The van der Waals surface area contributed by atoms with Gasteiger partial charge in [0.05, 0.1) is 32.9 Å². The highest BCUT2D eigenvalue weighted by Gasteiger charge is 2.33. The molecular weight excluding hydrogens is 356 g/mol. The van der Waals surface area contributed by atoms with Crippen LogP contribution in [0.15, 0.2) is 42.6 Å². The Labute approximate surface area is 164 Å². The molecule has 4 rings (SSSR count). The summed E-state index contributed by atoms with van der Waals surface area (Å²) in [4.78, 5) is 18.6. The summed E-state index contributed by atoms with van der Waals surface area (Å²) in [5.74, 6) is 2.22. The molecule has 2 heterocycles. The highest BCUT2D eigenvalue weighted by Crippen LogP contribution is 2.40. The molecule has 3 aromatic rings. The first kappa shape index (κ1) is 18.2. The molecule has 0 aliphatic carbocycles. The number of nitrogens with zero attached hydrogens (tertiary/aromatic N) is 1. The number of likely N-dealkylation sites (tertiary alicyclic amines) is 1. The number of carbonyl (C=O) groups is 1. The number of ether oxygens (including phenoxy) is 3. The van der Waals surface area contributed by atoms with Crippen molar-refractivity contribution in [2.75, 3.05) is 27.9 Å². The van der Waals surface area contributed by atoms with Gasteiger partial charge in [-0.05, 0) is 43.2 Å². The van der Waals surface area contributed by atoms with Gasteiger partial charge in [0.25, 0.3) is 5.91 Å². The van der Waals surface area contributed by atoms with Crippen LogP contribution >= 0.6 is 0 Å². The molecule has 1 atom stereocenters. The average Bonchev–Trinajstić information content (AvgIpc) is 3.39. The first-order valence-electron chi connectivity index (χ1n) is 9.34. The van der Waals surface area contributed by atoms with Gasteiger partial charge in [-0.1, -0.05) is 0 Å². The number of amides is 1. The number of carbonyl (C=O) groups excluding carboxylic acids is 1. The molecule has 1 fully saturated rings. The summed E-state index contributed by atoms with van der Waals surface area (Å²) in [6.45, 7) is 0.718. The molecular formula is C22H24N2O4. The third-order valence-corrected chi connectivity index (χ3v) is 5.43. The molecule has 1 saturated heterocycles. The minimum Gasteiger partial charge on any atom is -0.497 e. The monoisotopic (exact) mass is 380 g/mol. The molecule has 1 amide bonds. The van der Waals surface area contributed by atoms with Crippen LogP contribution in [0.2, 0.25) is 0 Å². The van der Waals surface area contributed by atoms with E-state index < -0.39 is 0 Å². The highest BCUT2D eigenvalue weighted by molar-refractivity contribution is 6.07. The van der Waals surface area contributed by atoms with Crippen molar-refractivity contribution in [3.63, 3.8) is 0 Å². The van der Waals surface area contributed by atoms with Gasteiger partial charge >= 0.3 is 0 Å². The minimum atomic E-state index is -0.0242. The number of benzene rings is 2. The van der Waals surface area contributed by atoms with Crippen LogP contribution in [0, 0.1) is 0 Å². The summed E-state index contributed by atoms with van der Waals surface area (Å²) in [5, 5.41) is 0.872. The summed E-state index contributed by atoms with van der Waals surface area (Å²) in [6.07, 6.45) is 3.64. The van der Waals surface area contributed by atoms with Gasteiger partial charge in [-0.25, -0.2) is 0 Å². The highest BCUT2D eigenvalue weighted by atomic mass is 16.5. The minimum absolute atomic E-state index is 0.0138. The third-order valence-electron chi connectivity index (χ3n) is 5.43. The van der Waals surface area contributed by atoms with Crippen molar-refractivity contribution in [1.29, 1.82) is 0 Å². The molecule has 2 aromatic carbocycles. The number of nitrogens with one attached hydrogen (secondary N) is 1. The predicted octanol–water partition coefficient (Wildman–Crippen LogP) is 4.17. The number of hydrogen-bond acceptors (Lipinski definition) is 4. The molecule has 1 N–H and O–H groups in total. The van der Waals surface area contributed by atoms with E-state index in [9.17, 15) is 4.79 Å². The molecule has 0 radical (unpaired) electrons. The summed E-state index contributed by atoms with van der Waals surface area (Å²) in [6, 6.07) is 11.5. The van der Waals surface area contributed by atoms with Crippen molar-refractivity contribution >= 4 is 16.8 Å². The van der Waals surface area contributed by atoms with Crippen LogP contribution in [0.4, 0.5) is 0 Å². The molecule has 28 heavy (non-hydrogen) atoms. The normalized spacial score (nSPS) is 16.4. The topological polar surface area (TPSA) is 63.8 Å².